The first kappa shape index (κ1) is 20.9. The van der Waals surface area contributed by atoms with Crippen LogP contribution in [-0.4, -0.2) is 60.3 Å². The monoisotopic (exact) mass is 348 g/mol. The summed E-state index contributed by atoms with van der Waals surface area (Å²) in [5, 5.41) is 0. The zero-order valence-corrected chi connectivity index (χ0v) is 16.7. The molecule has 7 nitrogen and oxygen atoms in total. The first-order chi connectivity index (χ1) is 11.9. The Morgan fingerprint density at radius 2 is 1.88 bits per heavy atom. The number of urea groups is 1. The number of nitrogens with zero attached hydrogens (tertiary/aromatic N) is 6. The largest absolute Gasteiger partial charge is 0.341 e. The highest BCUT2D eigenvalue weighted by Gasteiger charge is 2.25. The Morgan fingerprint density at radius 3 is 2.36 bits per heavy atom. The summed E-state index contributed by atoms with van der Waals surface area (Å²) in [6.45, 7) is 11.8. The molecule has 0 unspecified atom stereocenters. The topological polar surface area (TPSA) is 64.9 Å². The quantitative estimate of drug-likeness (QED) is 0.672. The van der Waals surface area contributed by atoms with E-state index in [1.165, 1.54) is 0 Å². The van der Waals surface area contributed by atoms with E-state index in [0.717, 1.165) is 25.9 Å². The lowest BCUT2D eigenvalue weighted by molar-refractivity contribution is 0.222. The van der Waals surface area contributed by atoms with Crippen LogP contribution in [-0.2, 0) is 0 Å². The van der Waals surface area contributed by atoms with Crippen molar-refractivity contribution in [1.82, 2.24) is 14.9 Å². The number of aromatic nitrogens is 2. The van der Waals surface area contributed by atoms with Gasteiger partial charge in [-0.3, -0.25) is 4.90 Å². The van der Waals surface area contributed by atoms with Gasteiger partial charge in [-0.1, -0.05) is 13.3 Å². The van der Waals surface area contributed by atoms with Crippen LogP contribution in [0.25, 0.3) is 0 Å². The average molecular weight is 348 g/mol. The molecule has 0 saturated carbocycles. The van der Waals surface area contributed by atoms with Crippen molar-refractivity contribution in [2.24, 2.45) is 4.99 Å². The second kappa shape index (κ2) is 9.96. The molecule has 0 spiro atoms. The van der Waals surface area contributed by atoms with Crippen LogP contribution in [0.15, 0.2) is 11.2 Å². The highest BCUT2D eigenvalue weighted by atomic mass is 16.2. The van der Waals surface area contributed by atoms with Gasteiger partial charge in [0.05, 0.1) is 6.20 Å². The van der Waals surface area contributed by atoms with Crippen LogP contribution in [0.3, 0.4) is 0 Å². The molecule has 1 aromatic heterocycles. The molecule has 0 fully saturated rings. The minimum atomic E-state index is -0.110. The van der Waals surface area contributed by atoms with Gasteiger partial charge < -0.3 is 9.80 Å². The molecule has 2 amide bonds. The van der Waals surface area contributed by atoms with E-state index in [4.69, 9.17) is 0 Å². The highest BCUT2D eigenvalue weighted by Crippen LogP contribution is 2.30. The molecule has 0 aliphatic heterocycles. The summed E-state index contributed by atoms with van der Waals surface area (Å²) in [5.41, 5.74) is 0.636. The van der Waals surface area contributed by atoms with E-state index >= 15 is 0 Å². The minimum absolute atomic E-state index is 0.0297. The van der Waals surface area contributed by atoms with Crippen LogP contribution < -0.4 is 9.80 Å². The molecular weight excluding hydrogens is 316 g/mol. The molecular formula is C18H32N6O. The molecule has 1 heterocycles. The lowest BCUT2D eigenvalue weighted by Crippen LogP contribution is -2.43. The maximum Gasteiger partial charge on any atom is 0.324 e. The number of aliphatic imine (C=N–C) groups is 1. The fourth-order valence-electron chi connectivity index (χ4n) is 2.38. The van der Waals surface area contributed by atoms with E-state index in [-0.39, 0.29) is 12.1 Å². The molecule has 140 valence electrons. The summed E-state index contributed by atoms with van der Waals surface area (Å²) in [6.07, 6.45) is 5.45. The number of hydrogen-bond donors (Lipinski definition) is 0. The fourth-order valence-corrected chi connectivity index (χ4v) is 2.38. The molecule has 0 aliphatic rings. The molecule has 0 radical (unpaired) electrons. The fraction of sp³-hybridized carbons (Fsp3) is 0.667. The molecule has 0 aliphatic carbocycles. The second-order valence-corrected chi connectivity index (χ2v) is 6.29. The van der Waals surface area contributed by atoms with Gasteiger partial charge in [-0.2, -0.15) is 4.98 Å². The predicted molar refractivity (Wildman–Crippen MR) is 105 cm³/mol. The molecule has 0 bridgehead atoms. The number of rotatable bonds is 8. The zero-order valence-electron chi connectivity index (χ0n) is 16.7. The first-order valence-electron chi connectivity index (χ1n) is 9.02. The molecule has 0 N–H and O–H groups in total. The summed E-state index contributed by atoms with van der Waals surface area (Å²) in [4.78, 5) is 31.6. The van der Waals surface area contributed by atoms with Crippen LogP contribution in [0.1, 0.15) is 47.5 Å². The SMILES string of the molecule is CCCC=Nc1nc(N(CC)CC)ncc1N(C(=O)N(C)C)C(C)C. The Bertz CT molecular complexity index is 581. The van der Waals surface area contributed by atoms with Gasteiger partial charge in [0.1, 0.15) is 5.69 Å². The van der Waals surface area contributed by atoms with Crippen molar-refractivity contribution in [3.05, 3.63) is 6.20 Å². The minimum Gasteiger partial charge on any atom is -0.341 e. The molecule has 7 heteroatoms. The predicted octanol–water partition coefficient (Wildman–Crippen LogP) is 3.72. The number of hydrogen-bond acceptors (Lipinski definition) is 5. The van der Waals surface area contributed by atoms with Crippen LogP contribution in [0, 0.1) is 0 Å². The Kier molecular flexibility index (Phi) is 8.31. The van der Waals surface area contributed by atoms with Gasteiger partial charge in [0.2, 0.25) is 5.95 Å². The molecule has 0 atom stereocenters. The van der Waals surface area contributed by atoms with E-state index < -0.39 is 0 Å². The lowest BCUT2D eigenvalue weighted by atomic mass is 10.3. The smallest absolute Gasteiger partial charge is 0.324 e. The van der Waals surface area contributed by atoms with Crippen LogP contribution >= 0.6 is 0 Å². The number of unbranched alkanes of at least 4 members (excludes halogenated alkanes) is 1. The van der Waals surface area contributed by atoms with Crippen molar-refractivity contribution in [2.45, 2.75) is 53.5 Å². The highest BCUT2D eigenvalue weighted by molar-refractivity contribution is 5.95. The van der Waals surface area contributed by atoms with Gasteiger partial charge in [-0.25, -0.2) is 14.8 Å². The molecule has 1 rings (SSSR count). The van der Waals surface area contributed by atoms with Crippen LogP contribution in [0.4, 0.5) is 22.2 Å². The summed E-state index contributed by atoms with van der Waals surface area (Å²) in [5.74, 6) is 1.17. The van der Waals surface area contributed by atoms with Gasteiger partial charge in [0, 0.05) is 39.4 Å². The summed E-state index contributed by atoms with van der Waals surface area (Å²) in [7, 11) is 3.48. The Hall–Kier alpha value is -2.18. The number of carbonyl (C=O) groups is 1. The van der Waals surface area contributed by atoms with E-state index in [1.807, 2.05) is 20.1 Å². The lowest BCUT2D eigenvalue weighted by Gasteiger charge is -2.30. The van der Waals surface area contributed by atoms with Crippen molar-refractivity contribution >= 4 is 29.7 Å². The third kappa shape index (κ3) is 5.41. The van der Waals surface area contributed by atoms with Crippen molar-refractivity contribution in [2.75, 3.05) is 37.0 Å². The van der Waals surface area contributed by atoms with E-state index in [2.05, 4.69) is 40.6 Å². The van der Waals surface area contributed by atoms with Crippen LogP contribution in [0.2, 0.25) is 0 Å². The van der Waals surface area contributed by atoms with Gasteiger partial charge >= 0.3 is 6.03 Å². The van der Waals surface area contributed by atoms with Crippen LogP contribution in [0.5, 0.6) is 0 Å². The maximum absolute atomic E-state index is 12.6. The number of anilines is 2. The standard InChI is InChI=1S/C18H32N6O/c1-8-11-12-19-16-15(24(14(4)5)18(25)22(6)7)13-20-17(21-16)23(9-2)10-3/h12-14H,8-11H2,1-7H3. The van der Waals surface area contributed by atoms with E-state index in [0.29, 0.717) is 17.5 Å². The van der Waals surface area contributed by atoms with Crippen molar-refractivity contribution < 1.29 is 4.79 Å². The third-order valence-corrected chi connectivity index (χ3v) is 3.78. The number of amides is 2. The van der Waals surface area contributed by atoms with E-state index in [9.17, 15) is 4.79 Å². The van der Waals surface area contributed by atoms with Gasteiger partial charge in [-0.05, 0) is 34.1 Å². The van der Waals surface area contributed by atoms with Gasteiger partial charge in [0.25, 0.3) is 0 Å². The van der Waals surface area contributed by atoms with Gasteiger partial charge in [-0.15, -0.1) is 0 Å². The van der Waals surface area contributed by atoms with Gasteiger partial charge in [0.15, 0.2) is 5.82 Å². The maximum atomic E-state index is 12.6. The molecule has 0 aromatic carbocycles. The Balaban J connectivity index is 3.42. The molecule has 0 saturated heterocycles. The van der Waals surface area contributed by atoms with Crippen molar-refractivity contribution in [1.29, 1.82) is 0 Å². The Morgan fingerprint density at radius 1 is 1.24 bits per heavy atom. The summed E-state index contributed by atoms with van der Waals surface area (Å²) >= 11 is 0. The molecule has 1 aromatic rings. The zero-order chi connectivity index (χ0) is 19.0. The first-order valence-corrected chi connectivity index (χ1v) is 9.02. The third-order valence-electron chi connectivity index (χ3n) is 3.78. The summed E-state index contributed by atoms with van der Waals surface area (Å²) in [6, 6.07) is -0.140. The van der Waals surface area contributed by atoms with E-state index in [1.54, 1.807) is 30.1 Å². The second-order valence-electron chi connectivity index (χ2n) is 6.29. The Labute approximate surface area is 151 Å². The molecule has 25 heavy (non-hydrogen) atoms. The average Bonchev–Trinajstić information content (AvgIpc) is 2.57. The number of carbonyl (C=O) groups excluding carboxylic acids is 1. The normalized spacial score (nSPS) is 11.2. The summed E-state index contributed by atoms with van der Waals surface area (Å²) < 4.78 is 0. The van der Waals surface area contributed by atoms with Crippen molar-refractivity contribution in [3.63, 3.8) is 0 Å². The van der Waals surface area contributed by atoms with Crippen molar-refractivity contribution in [3.8, 4) is 0 Å².